The Kier molecular flexibility index (Phi) is 3.48. The van der Waals surface area contributed by atoms with Crippen LogP contribution in [0.5, 0.6) is 0 Å². The average molecular weight is 181 g/mol. The van der Waals surface area contributed by atoms with E-state index in [1.807, 2.05) is 17.9 Å². The van der Waals surface area contributed by atoms with Crippen LogP contribution < -0.4 is 5.32 Å². The Bertz CT molecular complexity index is 252. The Morgan fingerprint density at radius 3 is 2.62 bits per heavy atom. The number of rotatable bonds is 4. The second-order valence-corrected chi connectivity index (χ2v) is 3.64. The minimum atomic E-state index is 0.417. The second kappa shape index (κ2) is 4.42. The molecule has 13 heavy (non-hydrogen) atoms. The van der Waals surface area contributed by atoms with Crippen LogP contribution in [0.15, 0.2) is 12.4 Å². The largest absolute Gasteiger partial charge is 0.313 e. The summed E-state index contributed by atoms with van der Waals surface area (Å²) in [5.74, 6) is 0.597. The van der Waals surface area contributed by atoms with Crippen LogP contribution >= 0.6 is 0 Å². The van der Waals surface area contributed by atoms with Gasteiger partial charge in [0.2, 0.25) is 0 Å². The van der Waals surface area contributed by atoms with Crippen molar-refractivity contribution in [1.82, 2.24) is 15.1 Å². The first-order valence-electron chi connectivity index (χ1n) is 4.88. The van der Waals surface area contributed by atoms with Gasteiger partial charge in [-0.25, -0.2) is 0 Å². The first kappa shape index (κ1) is 10.3. The van der Waals surface area contributed by atoms with E-state index in [0.29, 0.717) is 12.0 Å². The molecule has 3 nitrogen and oxygen atoms in total. The summed E-state index contributed by atoms with van der Waals surface area (Å²) in [5.41, 5.74) is 1.28. The van der Waals surface area contributed by atoms with E-state index in [1.54, 1.807) is 0 Å². The quantitative estimate of drug-likeness (QED) is 0.768. The molecule has 0 aromatic carbocycles. The maximum absolute atomic E-state index is 4.26. The van der Waals surface area contributed by atoms with Gasteiger partial charge >= 0.3 is 0 Å². The first-order valence-corrected chi connectivity index (χ1v) is 4.88. The number of hydrogen-bond donors (Lipinski definition) is 1. The lowest BCUT2D eigenvalue weighted by Crippen LogP contribution is -2.21. The molecule has 0 aliphatic rings. The van der Waals surface area contributed by atoms with E-state index in [0.717, 1.165) is 6.54 Å². The zero-order chi connectivity index (χ0) is 9.84. The minimum absolute atomic E-state index is 0.417. The van der Waals surface area contributed by atoms with Crippen molar-refractivity contribution in [3.8, 4) is 0 Å². The third-order valence-corrected chi connectivity index (χ3v) is 2.31. The molecule has 0 aliphatic carbocycles. The lowest BCUT2D eigenvalue weighted by Gasteiger charge is -2.18. The van der Waals surface area contributed by atoms with Crippen LogP contribution in [0.2, 0.25) is 0 Å². The molecular formula is C10H19N3. The maximum atomic E-state index is 4.26. The normalized spacial score (nSPS) is 13.6. The Balaban J connectivity index is 2.79. The fourth-order valence-electron chi connectivity index (χ4n) is 1.60. The number of nitrogens with zero attached hydrogens (tertiary/aromatic N) is 2. The molecule has 0 amide bonds. The number of aryl methyl sites for hydroxylation is 1. The first-order chi connectivity index (χ1) is 6.19. The van der Waals surface area contributed by atoms with Gasteiger partial charge in [0.15, 0.2) is 0 Å². The van der Waals surface area contributed by atoms with E-state index in [1.165, 1.54) is 5.56 Å². The topological polar surface area (TPSA) is 29.9 Å². The molecule has 0 radical (unpaired) electrons. The highest BCUT2D eigenvalue weighted by Crippen LogP contribution is 2.19. The molecule has 1 heterocycles. The van der Waals surface area contributed by atoms with Gasteiger partial charge in [-0.2, -0.15) is 5.10 Å². The van der Waals surface area contributed by atoms with Crippen LogP contribution in [0.3, 0.4) is 0 Å². The maximum Gasteiger partial charge on any atom is 0.0537 e. The molecule has 1 N–H and O–H groups in total. The van der Waals surface area contributed by atoms with Crippen molar-refractivity contribution in [3.63, 3.8) is 0 Å². The van der Waals surface area contributed by atoms with Crippen LogP contribution in [0.25, 0.3) is 0 Å². The van der Waals surface area contributed by atoms with E-state index < -0.39 is 0 Å². The Labute approximate surface area is 80.1 Å². The fraction of sp³-hybridized carbons (Fsp3) is 0.700. The summed E-state index contributed by atoms with van der Waals surface area (Å²) in [5, 5.41) is 7.56. The number of nitrogens with one attached hydrogen (secondary N) is 1. The van der Waals surface area contributed by atoms with Gasteiger partial charge in [-0.15, -0.1) is 0 Å². The Morgan fingerprint density at radius 2 is 2.23 bits per heavy atom. The highest BCUT2D eigenvalue weighted by molar-refractivity contribution is 5.10. The number of hydrogen-bond acceptors (Lipinski definition) is 2. The molecule has 0 spiro atoms. The molecule has 0 bridgehead atoms. The molecule has 0 aliphatic heterocycles. The summed E-state index contributed by atoms with van der Waals surface area (Å²) in [6.45, 7) is 7.46. The lowest BCUT2D eigenvalue weighted by atomic mass is 9.99. The van der Waals surface area contributed by atoms with Gasteiger partial charge < -0.3 is 5.32 Å². The van der Waals surface area contributed by atoms with Gasteiger partial charge in [-0.05, 0) is 19.9 Å². The monoisotopic (exact) mass is 181 g/mol. The molecule has 74 valence electrons. The Hall–Kier alpha value is -0.830. The third kappa shape index (κ3) is 2.31. The van der Waals surface area contributed by atoms with Crippen LogP contribution in [0, 0.1) is 5.92 Å². The zero-order valence-electron chi connectivity index (χ0n) is 8.91. The van der Waals surface area contributed by atoms with Crippen LogP contribution in [-0.2, 0) is 6.54 Å². The van der Waals surface area contributed by atoms with E-state index in [4.69, 9.17) is 0 Å². The van der Waals surface area contributed by atoms with Crippen molar-refractivity contribution in [2.24, 2.45) is 5.92 Å². The Morgan fingerprint density at radius 1 is 1.54 bits per heavy atom. The van der Waals surface area contributed by atoms with Gasteiger partial charge in [0.05, 0.1) is 6.20 Å². The van der Waals surface area contributed by atoms with Crippen molar-refractivity contribution in [2.75, 3.05) is 7.05 Å². The molecule has 3 heteroatoms. The molecule has 0 fully saturated rings. The third-order valence-electron chi connectivity index (χ3n) is 2.31. The van der Waals surface area contributed by atoms with E-state index >= 15 is 0 Å². The smallest absolute Gasteiger partial charge is 0.0537 e. The summed E-state index contributed by atoms with van der Waals surface area (Å²) in [7, 11) is 1.99. The lowest BCUT2D eigenvalue weighted by molar-refractivity contribution is 0.442. The van der Waals surface area contributed by atoms with Crippen LogP contribution in [-0.4, -0.2) is 16.8 Å². The molecule has 1 unspecified atom stereocenters. The van der Waals surface area contributed by atoms with E-state index in [2.05, 4.69) is 37.4 Å². The summed E-state index contributed by atoms with van der Waals surface area (Å²) >= 11 is 0. The van der Waals surface area contributed by atoms with Gasteiger partial charge in [0.25, 0.3) is 0 Å². The van der Waals surface area contributed by atoms with Crippen molar-refractivity contribution >= 4 is 0 Å². The van der Waals surface area contributed by atoms with E-state index in [9.17, 15) is 0 Å². The molecule has 1 aromatic heterocycles. The molecule has 0 saturated carbocycles. The SMILES string of the molecule is CCn1cc(C(NC)C(C)C)cn1. The molecule has 1 aromatic rings. The predicted octanol–water partition coefficient (Wildman–Crippen LogP) is 1.82. The molecule has 0 saturated heterocycles. The second-order valence-electron chi connectivity index (χ2n) is 3.64. The fourth-order valence-corrected chi connectivity index (χ4v) is 1.60. The number of aromatic nitrogens is 2. The van der Waals surface area contributed by atoms with E-state index in [-0.39, 0.29) is 0 Å². The van der Waals surface area contributed by atoms with Crippen molar-refractivity contribution in [1.29, 1.82) is 0 Å². The summed E-state index contributed by atoms with van der Waals surface area (Å²) < 4.78 is 1.96. The van der Waals surface area contributed by atoms with Crippen molar-refractivity contribution < 1.29 is 0 Å². The molecule has 1 atom stereocenters. The molecule has 1 rings (SSSR count). The van der Waals surface area contributed by atoms with Gasteiger partial charge in [-0.1, -0.05) is 13.8 Å². The van der Waals surface area contributed by atoms with Crippen molar-refractivity contribution in [2.45, 2.75) is 33.4 Å². The van der Waals surface area contributed by atoms with Gasteiger partial charge in [-0.3, -0.25) is 4.68 Å². The summed E-state index contributed by atoms with van der Waals surface area (Å²) in [4.78, 5) is 0. The van der Waals surface area contributed by atoms with Crippen LogP contribution in [0.1, 0.15) is 32.4 Å². The van der Waals surface area contributed by atoms with Crippen LogP contribution in [0.4, 0.5) is 0 Å². The zero-order valence-corrected chi connectivity index (χ0v) is 8.91. The highest BCUT2D eigenvalue weighted by Gasteiger charge is 2.14. The van der Waals surface area contributed by atoms with Gasteiger partial charge in [0, 0.05) is 24.3 Å². The minimum Gasteiger partial charge on any atom is -0.313 e. The standard InChI is InChI=1S/C10H19N3/c1-5-13-7-9(6-12-13)10(11-4)8(2)3/h6-8,10-11H,5H2,1-4H3. The molecular weight excluding hydrogens is 162 g/mol. The average Bonchev–Trinajstić information content (AvgIpc) is 2.53. The predicted molar refractivity (Wildman–Crippen MR) is 54.5 cm³/mol. The van der Waals surface area contributed by atoms with Crippen molar-refractivity contribution in [3.05, 3.63) is 18.0 Å². The summed E-state index contributed by atoms with van der Waals surface area (Å²) in [6.07, 6.45) is 4.06. The van der Waals surface area contributed by atoms with Gasteiger partial charge in [0.1, 0.15) is 0 Å². The summed E-state index contributed by atoms with van der Waals surface area (Å²) in [6, 6.07) is 0.417. The highest BCUT2D eigenvalue weighted by atomic mass is 15.3.